The van der Waals surface area contributed by atoms with E-state index in [1.54, 1.807) is 0 Å². The molecular formula is C3H5IN2O3. The maximum absolute atomic E-state index is 10.2. The predicted octanol–water partition coefficient (Wildman–Crippen LogP) is 0.402. The van der Waals surface area contributed by atoms with Gasteiger partial charge in [0.05, 0.1) is 0 Å². The van der Waals surface area contributed by atoms with Gasteiger partial charge in [-0.25, -0.2) is 4.79 Å². The first kappa shape index (κ1) is 8.63. The van der Waals surface area contributed by atoms with Gasteiger partial charge in [-0.15, -0.1) is 0 Å². The molecule has 52 valence electrons. The zero-order valence-electron chi connectivity index (χ0n) is 4.60. The number of carbonyl (C=O) groups excluding carboxylic acids is 2. The highest BCUT2D eigenvalue weighted by molar-refractivity contribution is 14.1. The molecule has 2 amide bonds. The Kier molecular flexibility index (Phi) is 4.32. The Morgan fingerprint density at radius 1 is 1.56 bits per heavy atom. The van der Waals surface area contributed by atoms with Gasteiger partial charge in [0.25, 0.3) is 3.91 Å². The first-order valence-corrected chi connectivity index (χ1v) is 3.08. The Balaban J connectivity index is 3.39. The summed E-state index contributed by atoms with van der Waals surface area (Å²) in [6, 6.07) is 0. The van der Waals surface area contributed by atoms with E-state index in [2.05, 4.69) is 10.3 Å². The van der Waals surface area contributed by atoms with Crippen molar-refractivity contribution in [2.24, 2.45) is 0 Å². The first-order valence-electron chi connectivity index (χ1n) is 2.01. The van der Waals surface area contributed by atoms with E-state index in [9.17, 15) is 9.59 Å². The zero-order chi connectivity index (χ0) is 7.28. The first-order chi connectivity index (χ1) is 4.16. The largest absolute Gasteiger partial charge is 0.433 e. The van der Waals surface area contributed by atoms with Crippen molar-refractivity contribution >= 4 is 32.6 Å². The van der Waals surface area contributed by atoms with Crippen molar-refractivity contribution in [3.05, 3.63) is 0 Å². The molecule has 0 bridgehead atoms. The van der Waals surface area contributed by atoms with Gasteiger partial charge in [-0.05, 0) is 0 Å². The molecule has 0 aromatic heterocycles. The number of halogens is 1. The Labute approximate surface area is 65.2 Å². The molecule has 2 N–H and O–H groups in total. The molecule has 0 aliphatic heterocycles. The molecule has 0 radical (unpaired) electrons. The summed E-state index contributed by atoms with van der Waals surface area (Å²) in [5.41, 5.74) is 2.11. The lowest BCUT2D eigenvalue weighted by molar-refractivity contribution is 0.106. The van der Waals surface area contributed by atoms with Crippen LogP contribution in [0.4, 0.5) is 9.59 Å². The quantitative estimate of drug-likeness (QED) is 0.303. The molecule has 0 unspecified atom stereocenters. The topological polar surface area (TPSA) is 67.4 Å². The third-order valence-electron chi connectivity index (χ3n) is 0.395. The van der Waals surface area contributed by atoms with Gasteiger partial charge in [0, 0.05) is 29.6 Å². The summed E-state index contributed by atoms with van der Waals surface area (Å²) in [5, 5.41) is 1.87. The smallest absolute Gasteiger partial charge is 0.354 e. The fraction of sp³-hybridized carbons (Fsp3) is 0.333. The average molecular weight is 244 g/mol. The number of hydrogen-bond donors (Lipinski definition) is 2. The van der Waals surface area contributed by atoms with Crippen molar-refractivity contribution in [3.63, 3.8) is 0 Å². The predicted molar refractivity (Wildman–Crippen MR) is 38.1 cm³/mol. The molecule has 0 aromatic rings. The Hall–Kier alpha value is -0.370. The van der Waals surface area contributed by atoms with Crippen LogP contribution in [0.5, 0.6) is 0 Å². The number of hydrogen-bond acceptors (Lipinski definition) is 4. The standard InChI is InChI=1S/C3H5IN2O3/c1-5-9-3(8)6-2(4)7/h5H,1H3,(H,6,7,8). The molecule has 5 nitrogen and oxygen atoms in total. The molecular weight excluding hydrogens is 239 g/mol. The lowest BCUT2D eigenvalue weighted by atomic mass is 11.1. The van der Waals surface area contributed by atoms with Crippen molar-refractivity contribution in [2.45, 2.75) is 0 Å². The minimum Gasteiger partial charge on any atom is -0.354 e. The van der Waals surface area contributed by atoms with Crippen LogP contribution < -0.4 is 10.8 Å². The lowest BCUT2D eigenvalue weighted by Crippen LogP contribution is -2.29. The SMILES string of the molecule is CNOC(=O)NC(=O)I. The van der Waals surface area contributed by atoms with Gasteiger partial charge in [0.1, 0.15) is 0 Å². The van der Waals surface area contributed by atoms with Crippen LogP contribution in [0.25, 0.3) is 0 Å². The highest BCUT2D eigenvalue weighted by atomic mass is 127. The van der Waals surface area contributed by atoms with Gasteiger partial charge in [-0.1, -0.05) is 0 Å². The molecule has 0 spiro atoms. The van der Waals surface area contributed by atoms with Crippen LogP contribution in [0.1, 0.15) is 0 Å². The van der Waals surface area contributed by atoms with Crippen molar-refractivity contribution in [1.29, 1.82) is 0 Å². The van der Waals surface area contributed by atoms with Gasteiger partial charge in [0.15, 0.2) is 0 Å². The number of nitrogens with one attached hydrogen (secondary N) is 2. The molecule has 0 rings (SSSR count). The molecule has 9 heavy (non-hydrogen) atoms. The van der Waals surface area contributed by atoms with Crippen molar-refractivity contribution in [3.8, 4) is 0 Å². The molecule has 0 saturated carbocycles. The summed E-state index contributed by atoms with van der Waals surface area (Å²) in [7, 11) is 1.41. The summed E-state index contributed by atoms with van der Waals surface area (Å²) in [6.45, 7) is 0. The van der Waals surface area contributed by atoms with Crippen LogP contribution >= 0.6 is 22.6 Å². The second-order valence-electron chi connectivity index (χ2n) is 0.992. The van der Waals surface area contributed by atoms with E-state index in [0.29, 0.717) is 0 Å². The highest BCUT2D eigenvalue weighted by Gasteiger charge is 2.02. The van der Waals surface area contributed by atoms with Gasteiger partial charge in [0.2, 0.25) is 0 Å². The third kappa shape index (κ3) is 5.50. The molecule has 0 saturated heterocycles. The van der Waals surface area contributed by atoms with Crippen LogP contribution in [-0.4, -0.2) is 17.1 Å². The van der Waals surface area contributed by atoms with Gasteiger partial charge >= 0.3 is 6.09 Å². The summed E-state index contributed by atoms with van der Waals surface area (Å²) < 4.78 is -0.479. The van der Waals surface area contributed by atoms with Crippen LogP contribution in [0.15, 0.2) is 0 Å². The summed E-state index contributed by atoms with van der Waals surface area (Å²) >= 11 is 1.42. The summed E-state index contributed by atoms with van der Waals surface area (Å²) in [5.74, 6) is 0. The third-order valence-corrected chi connectivity index (χ3v) is 0.665. The van der Waals surface area contributed by atoms with E-state index in [1.165, 1.54) is 29.6 Å². The van der Waals surface area contributed by atoms with Crippen molar-refractivity contribution < 1.29 is 14.4 Å². The molecule has 0 atom stereocenters. The number of hydroxylamine groups is 1. The second-order valence-corrected chi connectivity index (χ2v) is 1.97. The maximum atomic E-state index is 10.2. The fourth-order valence-electron chi connectivity index (χ4n) is 0.198. The molecule has 0 heterocycles. The van der Waals surface area contributed by atoms with E-state index in [4.69, 9.17) is 0 Å². The van der Waals surface area contributed by atoms with E-state index < -0.39 is 10.0 Å². The van der Waals surface area contributed by atoms with Crippen LogP contribution in [0.3, 0.4) is 0 Å². The average Bonchev–Trinajstić information content (AvgIpc) is 1.63. The van der Waals surface area contributed by atoms with E-state index in [1.807, 2.05) is 5.32 Å². The minimum atomic E-state index is -0.808. The Morgan fingerprint density at radius 3 is 2.44 bits per heavy atom. The Bertz CT molecular complexity index is 126. The zero-order valence-corrected chi connectivity index (χ0v) is 6.76. The van der Waals surface area contributed by atoms with Gasteiger partial charge < -0.3 is 4.84 Å². The number of rotatable bonds is 1. The minimum absolute atomic E-state index is 0.479. The van der Waals surface area contributed by atoms with Crippen LogP contribution in [0.2, 0.25) is 0 Å². The fourth-order valence-corrected chi connectivity index (χ4v) is 0.419. The Morgan fingerprint density at radius 2 is 2.11 bits per heavy atom. The van der Waals surface area contributed by atoms with E-state index in [-0.39, 0.29) is 0 Å². The highest BCUT2D eigenvalue weighted by Crippen LogP contribution is 1.82. The normalized spacial score (nSPS) is 8.22. The van der Waals surface area contributed by atoms with Gasteiger partial charge in [-0.3, -0.25) is 10.1 Å². The van der Waals surface area contributed by atoms with E-state index >= 15 is 0 Å². The molecule has 0 aliphatic carbocycles. The molecule has 6 heteroatoms. The monoisotopic (exact) mass is 244 g/mol. The summed E-state index contributed by atoms with van der Waals surface area (Å²) in [4.78, 5) is 24.4. The van der Waals surface area contributed by atoms with Gasteiger partial charge in [-0.2, -0.15) is 5.48 Å². The number of carbonyl (C=O) groups is 2. The lowest BCUT2D eigenvalue weighted by Gasteiger charge is -1.97. The van der Waals surface area contributed by atoms with Crippen molar-refractivity contribution in [1.82, 2.24) is 10.8 Å². The van der Waals surface area contributed by atoms with Crippen LogP contribution in [0, 0.1) is 0 Å². The number of amides is 2. The maximum Gasteiger partial charge on any atom is 0.433 e. The number of imide groups is 1. The van der Waals surface area contributed by atoms with Crippen LogP contribution in [-0.2, 0) is 4.84 Å². The molecule has 0 aliphatic rings. The second kappa shape index (κ2) is 4.50. The van der Waals surface area contributed by atoms with Crippen molar-refractivity contribution in [2.75, 3.05) is 7.05 Å². The molecule has 0 aromatic carbocycles. The summed E-state index contributed by atoms with van der Waals surface area (Å²) in [6.07, 6.45) is -0.808. The van der Waals surface area contributed by atoms with E-state index in [0.717, 1.165) is 0 Å². The molecule has 0 fully saturated rings.